The van der Waals surface area contributed by atoms with E-state index in [0.29, 0.717) is 10.0 Å². The summed E-state index contributed by atoms with van der Waals surface area (Å²) in [6, 6.07) is 14.5. The van der Waals surface area contributed by atoms with Gasteiger partial charge in [-0.05, 0) is 35.4 Å². The Bertz CT molecular complexity index is 817. The fraction of sp³-hybridized carbons (Fsp3) is 0.118. The number of rotatable bonds is 2. The van der Waals surface area contributed by atoms with Crippen molar-refractivity contribution in [2.75, 3.05) is 17.2 Å². The van der Waals surface area contributed by atoms with Gasteiger partial charge in [0.2, 0.25) is 21.6 Å². The van der Waals surface area contributed by atoms with Crippen LogP contribution in [0.3, 0.4) is 0 Å². The molecule has 0 unspecified atom stereocenters. The van der Waals surface area contributed by atoms with Crippen molar-refractivity contribution in [2.24, 2.45) is 0 Å². The van der Waals surface area contributed by atoms with Gasteiger partial charge in [-0.25, -0.2) is 0 Å². The zero-order chi connectivity index (χ0) is 20.9. The Balaban J connectivity index is 0.000000261. The zero-order valence-corrected chi connectivity index (χ0v) is 17.9. The van der Waals surface area contributed by atoms with E-state index < -0.39 is 3.79 Å². The van der Waals surface area contributed by atoms with Crippen LogP contribution in [0.4, 0.5) is 17.8 Å². The quantitative estimate of drug-likeness (QED) is 0.439. The number of hydrogen-bond acceptors (Lipinski definition) is 6. The summed E-state index contributed by atoms with van der Waals surface area (Å²) in [5, 5.41) is 1.28. The lowest BCUT2D eigenvalue weighted by molar-refractivity contribution is 0.839. The number of nitrogens with two attached hydrogens (primary N) is 3. The molecular formula is C17H15Cl5N6. The van der Waals surface area contributed by atoms with Crippen molar-refractivity contribution in [1.29, 1.82) is 0 Å². The monoisotopic (exact) mass is 478 g/mol. The lowest BCUT2D eigenvalue weighted by Crippen LogP contribution is -2.18. The van der Waals surface area contributed by atoms with Crippen LogP contribution >= 0.6 is 58.0 Å². The van der Waals surface area contributed by atoms with Crippen molar-refractivity contribution in [2.45, 2.75) is 9.71 Å². The first-order chi connectivity index (χ1) is 13.1. The average molecular weight is 481 g/mol. The van der Waals surface area contributed by atoms with Gasteiger partial charge in [-0.2, -0.15) is 15.0 Å². The highest BCUT2D eigenvalue weighted by Gasteiger charge is 2.35. The summed E-state index contributed by atoms with van der Waals surface area (Å²) in [6.45, 7) is 0. The third-order valence-corrected chi connectivity index (χ3v) is 4.58. The molecule has 0 aliphatic carbocycles. The molecule has 3 rings (SSSR count). The van der Waals surface area contributed by atoms with Crippen LogP contribution in [0.2, 0.25) is 10.0 Å². The van der Waals surface area contributed by atoms with Crippen LogP contribution in [-0.2, 0) is 0 Å². The smallest absolute Gasteiger partial charge is 0.226 e. The van der Waals surface area contributed by atoms with Gasteiger partial charge in [-0.15, -0.1) is 0 Å². The summed E-state index contributed by atoms with van der Waals surface area (Å²) < 4.78 is -1.46. The van der Waals surface area contributed by atoms with E-state index in [1.165, 1.54) is 0 Å². The van der Waals surface area contributed by atoms with Crippen molar-refractivity contribution < 1.29 is 0 Å². The van der Waals surface area contributed by atoms with Crippen molar-refractivity contribution in [3.63, 3.8) is 0 Å². The number of nitrogen functional groups attached to an aromatic ring is 3. The highest BCUT2D eigenvalue weighted by Crippen LogP contribution is 2.45. The van der Waals surface area contributed by atoms with E-state index in [1.54, 1.807) is 24.3 Å². The first-order valence-electron chi connectivity index (χ1n) is 7.66. The Labute approximate surface area is 186 Å². The maximum Gasteiger partial charge on any atom is 0.226 e. The fourth-order valence-electron chi connectivity index (χ4n) is 2.31. The Hall–Kier alpha value is -1.70. The Morgan fingerprint density at radius 1 is 0.607 bits per heavy atom. The van der Waals surface area contributed by atoms with Crippen LogP contribution in [0.15, 0.2) is 48.5 Å². The van der Waals surface area contributed by atoms with Crippen LogP contribution in [-0.4, -0.2) is 18.7 Å². The standard InChI is InChI=1S/C14H9Cl5.C3H6N6/c15-11-5-1-9(2-6-11)13(14(17,18)19)10-3-7-12(16)8-4-10;4-1-7-2(5)9-3(6)8-1/h1-8,13H;(H6,4,5,6,7,8,9). The number of nitrogens with zero attached hydrogens (tertiary/aromatic N) is 3. The van der Waals surface area contributed by atoms with E-state index >= 15 is 0 Å². The predicted octanol–water partition coefficient (Wildman–Crippen LogP) is 5.11. The topological polar surface area (TPSA) is 117 Å². The molecule has 148 valence electrons. The summed E-state index contributed by atoms with van der Waals surface area (Å²) in [5.41, 5.74) is 17.2. The van der Waals surface area contributed by atoms with Crippen LogP contribution in [0.1, 0.15) is 17.0 Å². The largest absolute Gasteiger partial charge is 0.368 e. The normalized spacial score (nSPS) is 11.1. The van der Waals surface area contributed by atoms with E-state index in [2.05, 4.69) is 15.0 Å². The third-order valence-electron chi connectivity index (χ3n) is 3.42. The molecule has 1 aromatic heterocycles. The van der Waals surface area contributed by atoms with Crippen molar-refractivity contribution in [3.05, 3.63) is 69.7 Å². The molecule has 0 bridgehead atoms. The van der Waals surface area contributed by atoms with Gasteiger partial charge < -0.3 is 17.2 Å². The highest BCUT2D eigenvalue weighted by atomic mass is 35.6. The second-order valence-corrected chi connectivity index (χ2v) is 8.73. The van der Waals surface area contributed by atoms with Crippen LogP contribution in [0.5, 0.6) is 0 Å². The van der Waals surface area contributed by atoms with Crippen LogP contribution in [0, 0.1) is 0 Å². The SMILES string of the molecule is Clc1ccc(C(c2ccc(Cl)cc2)C(Cl)(Cl)Cl)cc1.Nc1nc(N)nc(N)n1. The molecule has 0 aliphatic heterocycles. The molecule has 0 radical (unpaired) electrons. The molecule has 0 saturated carbocycles. The van der Waals surface area contributed by atoms with Crippen molar-refractivity contribution >= 4 is 75.8 Å². The summed E-state index contributed by atoms with van der Waals surface area (Å²) in [7, 11) is 0. The molecule has 6 nitrogen and oxygen atoms in total. The van der Waals surface area contributed by atoms with Gasteiger partial charge in [-0.3, -0.25) is 0 Å². The van der Waals surface area contributed by atoms with E-state index in [9.17, 15) is 0 Å². The van der Waals surface area contributed by atoms with E-state index in [0.717, 1.165) is 11.1 Å². The van der Waals surface area contributed by atoms with Gasteiger partial charge >= 0.3 is 0 Å². The van der Waals surface area contributed by atoms with Gasteiger partial charge in [0.15, 0.2) is 0 Å². The fourth-order valence-corrected chi connectivity index (χ4v) is 3.32. The Morgan fingerprint density at radius 2 is 0.893 bits per heavy atom. The number of alkyl halides is 3. The van der Waals surface area contributed by atoms with Gasteiger partial charge in [-0.1, -0.05) is 82.3 Å². The Morgan fingerprint density at radius 3 is 1.14 bits per heavy atom. The molecule has 0 atom stereocenters. The zero-order valence-electron chi connectivity index (χ0n) is 14.2. The molecule has 0 spiro atoms. The molecule has 0 aliphatic rings. The number of anilines is 3. The van der Waals surface area contributed by atoms with Gasteiger partial charge in [0.25, 0.3) is 0 Å². The van der Waals surface area contributed by atoms with Crippen LogP contribution in [0.25, 0.3) is 0 Å². The van der Waals surface area contributed by atoms with Crippen molar-refractivity contribution in [3.8, 4) is 0 Å². The number of aromatic nitrogens is 3. The molecule has 6 N–H and O–H groups in total. The van der Waals surface area contributed by atoms with Gasteiger partial charge in [0, 0.05) is 10.0 Å². The summed E-state index contributed by atoms with van der Waals surface area (Å²) >= 11 is 30.1. The lowest BCUT2D eigenvalue weighted by Gasteiger charge is -2.25. The first-order valence-corrected chi connectivity index (χ1v) is 9.55. The van der Waals surface area contributed by atoms with E-state index in [-0.39, 0.29) is 23.8 Å². The molecule has 28 heavy (non-hydrogen) atoms. The summed E-state index contributed by atoms with van der Waals surface area (Å²) in [5.74, 6) is -0.257. The molecule has 1 heterocycles. The molecule has 0 saturated heterocycles. The maximum atomic E-state index is 6.11. The highest BCUT2D eigenvalue weighted by molar-refractivity contribution is 6.68. The average Bonchev–Trinajstić information content (AvgIpc) is 2.57. The Kier molecular flexibility index (Phi) is 7.80. The molecule has 0 fully saturated rings. The van der Waals surface area contributed by atoms with Crippen LogP contribution < -0.4 is 17.2 Å². The number of hydrogen-bond donors (Lipinski definition) is 3. The summed E-state index contributed by atoms with van der Waals surface area (Å²) in [4.78, 5) is 10.5. The third kappa shape index (κ3) is 6.72. The minimum Gasteiger partial charge on any atom is -0.368 e. The molecule has 11 heteroatoms. The second-order valence-electron chi connectivity index (χ2n) is 5.49. The lowest BCUT2D eigenvalue weighted by atomic mass is 9.92. The van der Waals surface area contributed by atoms with Crippen molar-refractivity contribution in [1.82, 2.24) is 15.0 Å². The van der Waals surface area contributed by atoms with E-state index in [4.69, 9.17) is 75.2 Å². The summed E-state index contributed by atoms with van der Waals surface area (Å²) in [6.07, 6.45) is 0. The second kappa shape index (κ2) is 9.67. The minimum absolute atomic E-state index is 0.0417. The first kappa shape index (κ1) is 22.6. The minimum atomic E-state index is -1.46. The number of benzene rings is 2. The maximum absolute atomic E-state index is 6.11. The molecule has 0 amide bonds. The van der Waals surface area contributed by atoms with E-state index in [1.807, 2.05) is 24.3 Å². The predicted molar refractivity (Wildman–Crippen MR) is 118 cm³/mol. The van der Waals surface area contributed by atoms with Gasteiger partial charge in [0.05, 0.1) is 5.92 Å². The molecular weight excluding hydrogens is 465 g/mol. The molecule has 3 aromatic rings. The molecule has 2 aromatic carbocycles. The van der Waals surface area contributed by atoms with Gasteiger partial charge in [0.1, 0.15) is 0 Å². The number of halogens is 5.